The monoisotopic (exact) mass is 359 g/mol. The third kappa shape index (κ3) is 5.37. The Labute approximate surface area is 148 Å². The number of rotatable bonds is 5. The minimum atomic E-state index is -0.579. The van der Waals surface area contributed by atoms with Gasteiger partial charge in [-0.05, 0) is 31.0 Å². The van der Waals surface area contributed by atoms with Crippen LogP contribution in [0.4, 0.5) is 0 Å². The molecule has 2 atom stereocenters. The lowest BCUT2D eigenvalue weighted by molar-refractivity contribution is -0.124. The van der Waals surface area contributed by atoms with Crippen LogP contribution in [0.2, 0.25) is 5.02 Å². The molecule has 5 nitrogen and oxygen atoms in total. The van der Waals surface area contributed by atoms with Crippen molar-refractivity contribution in [3.63, 3.8) is 0 Å². The van der Waals surface area contributed by atoms with Crippen LogP contribution < -0.4 is 16.0 Å². The standard InChI is InChI=1S/C16H22ClN3O2.ClH/c1-10(2)14(16(22)19-11-7-8-18-9-11)20-15(21)12-5-3-4-6-13(12)17;/h3-6,10-11,14,18H,7-9H2,1-2H3,(H,19,22)(H,20,21);1H. The van der Waals surface area contributed by atoms with E-state index in [2.05, 4.69) is 16.0 Å². The van der Waals surface area contributed by atoms with Gasteiger partial charge in [0, 0.05) is 12.6 Å². The third-order valence-electron chi connectivity index (χ3n) is 3.76. The van der Waals surface area contributed by atoms with Crippen LogP contribution in [0.15, 0.2) is 24.3 Å². The van der Waals surface area contributed by atoms with Gasteiger partial charge in [-0.15, -0.1) is 12.4 Å². The van der Waals surface area contributed by atoms with Gasteiger partial charge in [-0.2, -0.15) is 0 Å². The molecule has 0 radical (unpaired) electrons. The molecule has 7 heteroatoms. The van der Waals surface area contributed by atoms with E-state index in [0.717, 1.165) is 19.5 Å². The number of carbonyl (C=O) groups is 2. The molecule has 0 aromatic heterocycles. The second kappa shape index (κ2) is 9.11. The van der Waals surface area contributed by atoms with Gasteiger partial charge in [0.25, 0.3) is 5.91 Å². The number of amides is 2. The molecule has 2 rings (SSSR count). The highest BCUT2D eigenvalue weighted by Gasteiger charge is 2.27. The highest BCUT2D eigenvalue weighted by Crippen LogP contribution is 2.15. The van der Waals surface area contributed by atoms with Crippen LogP contribution in [-0.4, -0.2) is 37.0 Å². The van der Waals surface area contributed by atoms with Crippen molar-refractivity contribution >= 4 is 35.8 Å². The Balaban J connectivity index is 0.00000264. The Morgan fingerprint density at radius 2 is 2.00 bits per heavy atom. The molecule has 3 N–H and O–H groups in total. The molecule has 128 valence electrons. The zero-order chi connectivity index (χ0) is 16.1. The molecular weight excluding hydrogens is 337 g/mol. The fraction of sp³-hybridized carbons (Fsp3) is 0.500. The summed E-state index contributed by atoms with van der Waals surface area (Å²) in [5.74, 6) is -0.492. The van der Waals surface area contributed by atoms with Crippen molar-refractivity contribution in [1.29, 1.82) is 0 Å². The topological polar surface area (TPSA) is 70.2 Å². The van der Waals surface area contributed by atoms with Crippen LogP contribution in [0.1, 0.15) is 30.6 Å². The first kappa shape index (κ1) is 19.7. The van der Waals surface area contributed by atoms with E-state index in [0.29, 0.717) is 10.6 Å². The van der Waals surface area contributed by atoms with Crippen LogP contribution >= 0.6 is 24.0 Å². The fourth-order valence-electron chi connectivity index (χ4n) is 2.47. The first-order chi connectivity index (χ1) is 10.5. The number of benzene rings is 1. The predicted molar refractivity (Wildman–Crippen MR) is 94.2 cm³/mol. The molecule has 0 bridgehead atoms. The lowest BCUT2D eigenvalue weighted by Crippen LogP contribution is -2.52. The first-order valence-electron chi connectivity index (χ1n) is 7.55. The van der Waals surface area contributed by atoms with Crippen molar-refractivity contribution in [2.45, 2.75) is 32.4 Å². The molecule has 1 aliphatic rings. The normalized spacial score (nSPS) is 18.2. The smallest absolute Gasteiger partial charge is 0.253 e. The van der Waals surface area contributed by atoms with Crippen LogP contribution in [0.3, 0.4) is 0 Å². The summed E-state index contributed by atoms with van der Waals surface area (Å²) in [5.41, 5.74) is 0.380. The third-order valence-corrected chi connectivity index (χ3v) is 4.09. The Bertz CT molecular complexity index is 546. The van der Waals surface area contributed by atoms with E-state index in [4.69, 9.17) is 11.6 Å². The van der Waals surface area contributed by atoms with Crippen molar-refractivity contribution in [3.05, 3.63) is 34.9 Å². The molecule has 0 saturated carbocycles. The average Bonchev–Trinajstić information content (AvgIpc) is 2.97. The van der Waals surface area contributed by atoms with E-state index in [1.807, 2.05) is 13.8 Å². The SMILES string of the molecule is CC(C)C(NC(=O)c1ccccc1Cl)C(=O)NC1CCNC1.Cl. The Hall–Kier alpha value is -1.30. The number of carbonyl (C=O) groups excluding carboxylic acids is 2. The molecule has 1 fully saturated rings. The molecule has 0 spiro atoms. The highest BCUT2D eigenvalue weighted by molar-refractivity contribution is 6.33. The van der Waals surface area contributed by atoms with Crippen LogP contribution in [0, 0.1) is 5.92 Å². The van der Waals surface area contributed by atoms with Crippen LogP contribution in [-0.2, 0) is 4.79 Å². The quantitative estimate of drug-likeness (QED) is 0.752. The first-order valence-corrected chi connectivity index (χ1v) is 7.93. The van der Waals surface area contributed by atoms with Gasteiger partial charge in [-0.3, -0.25) is 9.59 Å². The maximum atomic E-state index is 12.4. The number of hydrogen-bond acceptors (Lipinski definition) is 3. The molecule has 1 aromatic rings. The van der Waals surface area contributed by atoms with Gasteiger partial charge >= 0.3 is 0 Å². The molecule has 23 heavy (non-hydrogen) atoms. The fourth-order valence-corrected chi connectivity index (χ4v) is 2.69. The Morgan fingerprint density at radius 3 is 2.57 bits per heavy atom. The van der Waals surface area contributed by atoms with Crippen molar-refractivity contribution < 1.29 is 9.59 Å². The summed E-state index contributed by atoms with van der Waals surface area (Å²) >= 11 is 6.03. The molecule has 0 aliphatic carbocycles. The van der Waals surface area contributed by atoms with Gasteiger partial charge < -0.3 is 16.0 Å². The highest BCUT2D eigenvalue weighted by atomic mass is 35.5. The van der Waals surface area contributed by atoms with E-state index in [1.165, 1.54) is 0 Å². The van der Waals surface area contributed by atoms with Crippen LogP contribution in [0.25, 0.3) is 0 Å². The molecule has 1 aliphatic heterocycles. The zero-order valence-electron chi connectivity index (χ0n) is 13.3. The van der Waals surface area contributed by atoms with Crippen LogP contribution in [0.5, 0.6) is 0 Å². The maximum absolute atomic E-state index is 12.4. The van der Waals surface area contributed by atoms with E-state index in [9.17, 15) is 9.59 Å². The molecule has 1 heterocycles. The van der Waals surface area contributed by atoms with Gasteiger partial charge in [-0.25, -0.2) is 0 Å². The number of hydrogen-bond donors (Lipinski definition) is 3. The van der Waals surface area contributed by atoms with Gasteiger partial charge in [0.05, 0.1) is 10.6 Å². The summed E-state index contributed by atoms with van der Waals surface area (Å²) in [6.45, 7) is 5.49. The minimum absolute atomic E-state index is 0. The summed E-state index contributed by atoms with van der Waals surface area (Å²) in [6.07, 6.45) is 0.912. The van der Waals surface area contributed by atoms with Crippen molar-refractivity contribution in [2.24, 2.45) is 5.92 Å². The summed E-state index contributed by atoms with van der Waals surface area (Å²) in [6, 6.07) is 6.36. The second-order valence-electron chi connectivity index (χ2n) is 5.87. The Morgan fingerprint density at radius 1 is 1.30 bits per heavy atom. The summed E-state index contributed by atoms with van der Waals surface area (Å²) in [5, 5.41) is 9.35. The summed E-state index contributed by atoms with van der Waals surface area (Å²) < 4.78 is 0. The van der Waals surface area contributed by atoms with Gasteiger partial charge in [0.1, 0.15) is 6.04 Å². The largest absolute Gasteiger partial charge is 0.350 e. The average molecular weight is 360 g/mol. The summed E-state index contributed by atoms with van der Waals surface area (Å²) in [7, 11) is 0. The molecule has 1 saturated heterocycles. The van der Waals surface area contributed by atoms with Crippen molar-refractivity contribution in [1.82, 2.24) is 16.0 Å². The van der Waals surface area contributed by atoms with E-state index < -0.39 is 6.04 Å². The van der Waals surface area contributed by atoms with E-state index in [-0.39, 0.29) is 36.2 Å². The van der Waals surface area contributed by atoms with E-state index >= 15 is 0 Å². The lowest BCUT2D eigenvalue weighted by Gasteiger charge is -2.23. The minimum Gasteiger partial charge on any atom is -0.350 e. The number of halogens is 2. The van der Waals surface area contributed by atoms with Gasteiger partial charge in [-0.1, -0.05) is 37.6 Å². The molecule has 1 aromatic carbocycles. The van der Waals surface area contributed by atoms with Gasteiger partial charge in [0.2, 0.25) is 5.91 Å². The molecule has 2 amide bonds. The second-order valence-corrected chi connectivity index (χ2v) is 6.28. The number of nitrogens with one attached hydrogen (secondary N) is 3. The van der Waals surface area contributed by atoms with Crippen molar-refractivity contribution in [3.8, 4) is 0 Å². The maximum Gasteiger partial charge on any atom is 0.253 e. The zero-order valence-corrected chi connectivity index (χ0v) is 14.8. The lowest BCUT2D eigenvalue weighted by atomic mass is 10.0. The van der Waals surface area contributed by atoms with E-state index in [1.54, 1.807) is 24.3 Å². The molecular formula is C16H23Cl2N3O2. The predicted octanol–water partition coefficient (Wildman–Crippen LogP) is 1.99. The summed E-state index contributed by atoms with van der Waals surface area (Å²) in [4.78, 5) is 24.7. The van der Waals surface area contributed by atoms with Crippen molar-refractivity contribution in [2.75, 3.05) is 13.1 Å². The van der Waals surface area contributed by atoms with Gasteiger partial charge in [0.15, 0.2) is 0 Å². The molecule has 2 unspecified atom stereocenters. The Kier molecular flexibility index (Phi) is 7.82.